The molecule has 2 aromatic rings. The summed E-state index contributed by atoms with van der Waals surface area (Å²) in [5.74, 6) is 0.479. The summed E-state index contributed by atoms with van der Waals surface area (Å²) in [4.78, 5) is 0. The summed E-state index contributed by atoms with van der Waals surface area (Å²) in [5, 5.41) is 13.4. The minimum absolute atomic E-state index is 0.0463. The molecule has 1 aromatic heterocycles. The molecule has 0 amide bonds. The molecule has 2 saturated carbocycles. The third-order valence-corrected chi connectivity index (χ3v) is 5.25. The number of halogens is 1. The highest BCUT2D eigenvalue weighted by atomic mass is 32.2. The molecule has 0 aliphatic heterocycles. The first-order valence-electron chi connectivity index (χ1n) is 8.51. The molecule has 4 rings (SSSR count). The highest BCUT2D eigenvalue weighted by Gasteiger charge is 2.39. The van der Waals surface area contributed by atoms with Crippen molar-refractivity contribution in [2.24, 2.45) is 0 Å². The Kier molecular flexibility index (Phi) is 3.99. The molecule has 2 aliphatic rings. The number of sulfone groups is 1. The van der Waals surface area contributed by atoms with Gasteiger partial charge in [-0.2, -0.15) is 10.4 Å². The van der Waals surface area contributed by atoms with Crippen molar-refractivity contribution in [3.8, 4) is 17.6 Å². The van der Waals surface area contributed by atoms with Gasteiger partial charge in [0.05, 0.1) is 11.3 Å². The van der Waals surface area contributed by atoms with E-state index >= 15 is 0 Å². The lowest BCUT2D eigenvalue weighted by Gasteiger charge is -2.10. The van der Waals surface area contributed by atoms with E-state index < -0.39 is 15.7 Å². The summed E-state index contributed by atoms with van der Waals surface area (Å²) >= 11 is 0. The molecule has 0 atom stereocenters. The van der Waals surface area contributed by atoms with Crippen LogP contribution in [0.1, 0.15) is 54.5 Å². The van der Waals surface area contributed by atoms with Gasteiger partial charge in [-0.1, -0.05) is 0 Å². The zero-order valence-corrected chi connectivity index (χ0v) is 15.1. The zero-order chi connectivity index (χ0) is 18.5. The van der Waals surface area contributed by atoms with Gasteiger partial charge >= 0.3 is 0 Å². The first-order chi connectivity index (χ1) is 12.4. The van der Waals surface area contributed by atoms with E-state index in [0.717, 1.165) is 37.1 Å². The van der Waals surface area contributed by atoms with Gasteiger partial charge in [0, 0.05) is 24.2 Å². The lowest BCUT2D eigenvalue weighted by atomic mass is 10.2. The second-order valence-corrected chi connectivity index (χ2v) is 9.17. The number of ether oxygens (including phenoxy) is 1. The Hall–Kier alpha value is -2.40. The summed E-state index contributed by atoms with van der Waals surface area (Å²) in [6, 6.07) is 5.88. The van der Waals surface area contributed by atoms with Crippen molar-refractivity contribution < 1.29 is 17.5 Å². The second-order valence-electron chi connectivity index (χ2n) is 7.06. The normalized spacial score (nSPS) is 17.1. The lowest BCUT2D eigenvalue weighted by Crippen LogP contribution is -2.13. The van der Waals surface area contributed by atoms with Crippen LogP contribution in [0.15, 0.2) is 18.2 Å². The van der Waals surface area contributed by atoms with Crippen molar-refractivity contribution in [3.63, 3.8) is 0 Å². The Morgan fingerprint density at radius 3 is 2.54 bits per heavy atom. The van der Waals surface area contributed by atoms with Gasteiger partial charge in [0.15, 0.2) is 15.6 Å². The van der Waals surface area contributed by atoms with E-state index in [9.17, 15) is 12.8 Å². The van der Waals surface area contributed by atoms with Crippen molar-refractivity contribution in [2.45, 2.75) is 43.4 Å². The average Bonchev–Trinajstić information content (AvgIpc) is 3.46. The van der Waals surface area contributed by atoms with E-state index in [1.54, 1.807) is 12.1 Å². The van der Waals surface area contributed by atoms with Crippen LogP contribution in [-0.2, 0) is 15.7 Å². The summed E-state index contributed by atoms with van der Waals surface area (Å²) in [7, 11) is -3.25. The minimum atomic E-state index is -3.25. The Labute approximate surface area is 151 Å². The smallest absolute Gasteiger partial charge is 0.172 e. The Morgan fingerprint density at radius 1 is 1.31 bits per heavy atom. The summed E-state index contributed by atoms with van der Waals surface area (Å²) in [6.45, 7) is 0. The van der Waals surface area contributed by atoms with Gasteiger partial charge in [-0.15, -0.1) is 0 Å². The fourth-order valence-corrected chi connectivity index (χ4v) is 3.69. The first kappa shape index (κ1) is 17.0. The van der Waals surface area contributed by atoms with Gasteiger partial charge in [0.25, 0.3) is 0 Å². The molecular formula is C18H18FN3O3S. The number of nitrogens with zero attached hydrogens (tertiary/aromatic N) is 3. The standard InChI is InChI=1S/C18H18FN3O3S/c1-26(23,24)10-22-17(12-4-5-12)18(16(21-22)11-2-3-11)25-14-7-6-13(9-20)15(19)8-14/h6-8,11-12H,2-5,10H2,1H3. The number of nitriles is 1. The predicted octanol–water partition coefficient (Wildman–Crippen LogP) is 3.44. The maximum Gasteiger partial charge on any atom is 0.172 e. The molecule has 26 heavy (non-hydrogen) atoms. The predicted molar refractivity (Wildman–Crippen MR) is 92.2 cm³/mol. The highest BCUT2D eigenvalue weighted by Crippen LogP contribution is 2.52. The quantitative estimate of drug-likeness (QED) is 0.772. The van der Waals surface area contributed by atoms with Crippen LogP contribution in [0.25, 0.3) is 0 Å². The number of aromatic nitrogens is 2. The van der Waals surface area contributed by atoms with Gasteiger partial charge in [-0.25, -0.2) is 17.5 Å². The maximum atomic E-state index is 13.9. The van der Waals surface area contributed by atoms with Crippen molar-refractivity contribution >= 4 is 9.84 Å². The van der Waals surface area contributed by atoms with Gasteiger partial charge in [0.1, 0.15) is 29.2 Å². The third kappa shape index (κ3) is 3.44. The van der Waals surface area contributed by atoms with E-state index in [1.807, 2.05) is 0 Å². The van der Waals surface area contributed by atoms with Gasteiger partial charge in [0.2, 0.25) is 0 Å². The molecule has 0 saturated heterocycles. The topological polar surface area (TPSA) is 85.0 Å². The molecule has 0 unspecified atom stereocenters. The molecule has 0 spiro atoms. The molecule has 2 fully saturated rings. The van der Waals surface area contributed by atoms with E-state index in [1.165, 1.54) is 23.1 Å². The Balaban J connectivity index is 1.76. The fourth-order valence-electron chi connectivity index (χ4n) is 3.05. The van der Waals surface area contributed by atoms with Crippen LogP contribution >= 0.6 is 0 Å². The lowest BCUT2D eigenvalue weighted by molar-refractivity contribution is 0.463. The second kappa shape index (κ2) is 6.09. The molecule has 6 nitrogen and oxygen atoms in total. The van der Waals surface area contributed by atoms with E-state index in [0.29, 0.717) is 5.75 Å². The van der Waals surface area contributed by atoms with Crippen LogP contribution in [-0.4, -0.2) is 24.5 Å². The third-order valence-electron chi connectivity index (χ3n) is 4.54. The van der Waals surface area contributed by atoms with Crippen molar-refractivity contribution in [1.29, 1.82) is 5.26 Å². The Bertz CT molecular complexity index is 1020. The zero-order valence-electron chi connectivity index (χ0n) is 14.3. The molecule has 0 radical (unpaired) electrons. The molecule has 1 aromatic carbocycles. The maximum absolute atomic E-state index is 13.9. The van der Waals surface area contributed by atoms with Gasteiger partial charge in [-0.3, -0.25) is 0 Å². The monoisotopic (exact) mass is 375 g/mol. The van der Waals surface area contributed by atoms with E-state index in [2.05, 4.69) is 5.10 Å². The van der Waals surface area contributed by atoms with Crippen LogP contribution in [0.5, 0.6) is 11.5 Å². The first-order valence-corrected chi connectivity index (χ1v) is 10.6. The van der Waals surface area contributed by atoms with Crippen LogP contribution < -0.4 is 4.74 Å². The average molecular weight is 375 g/mol. The van der Waals surface area contributed by atoms with Crippen LogP contribution in [0, 0.1) is 17.1 Å². The molecule has 1 heterocycles. The van der Waals surface area contributed by atoms with Gasteiger partial charge < -0.3 is 4.74 Å². The number of benzene rings is 1. The molecule has 2 aliphatic carbocycles. The minimum Gasteiger partial charge on any atom is -0.453 e. The fraction of sp³-hybridized carbons (Fsp3) is 0.444. The molecule has 0 N–H and O–H groups in total. The van der Waals surface area contributed by atoms with Crippen molar-refractivity contribution in [3.05, 3.63) is 41.0 Å². The number of rotatable bonds is 6. The Morgan fingerprint density at radius 2 is 2.00 bits per heavy atom. The van der Waals surface area contributed by atoms with Gasteiger partial charge in [-0.05, 0) is 37.8 Å². The molecule has 136 valence electrons. The molecule has 0 bridgehead atoms. The van der Waals surface area contributed by atoms with Crippen molar-refractivity contribution in [2.75, 3.05) is 6.26 Å². The van der Waals surface area contributed by atoms with Crippen molar-refractivity contribution in [1.82, 2.24) is 9.78 Å². The molecule has 8 heteroatoms. The van der Waals surface area contributed by atoms with E-state index in [-0.39, 0.29) is 29.0 Å². The molecular weight excluding hydrogens is 357 g/mol. The number of hydrogen-bond acceptors (Lipinski definition) is 5. The van der Waals surface area contributed by atoms with E-state index in [4.69, 9.17) is 10.00 Å². The summed E-state index contributed by atoms with van der Waals surface area (Å²) in [6.07, 6.45) is 5.06. The van der Waals surface area contributed by atoms with Crippen LogP contribution in [0.2, 0.25) is 0 Å². The summed E-state index contributed by atoms with van der Waals surface area (Å²) < 4.78 is 45.0. The summed E-state index contributed by atoms with van der Waals surface area (Å²) in [5.41, 5.74) is 1.48. The SMILES string of the molecule is CS(=O)(=O)Cn1nc(C2CC2)c(Oc2ccc(C#N)c(F)c2)c1C1CC1. The van der Waals surface area contributed by atoms with Crippen LogP contribution in [0.3, 0.4) is 0 Å². The van der Waals surface area contributed by atoms with Crippen LogP contribution in [0.4, 0.5) is 4.39 Å². The highest BCUT2D eigenvalue weighted by molar-refractivity contribution is 7.89. The number of hydrogen-bond donors (Lipinski definition) is 0. The largest absolute Gasteiger partial charge is 0.453 e.